The maximum Gasteiger partial charge on any atom is 0.156 e. The highest BCUT2D eigenvalue weighted by atomic mass is 32.2. The highest BCUT2D eigenvalue weighted by Gasteiger charge is 2.17. The molecule has 0 bridgehead atoms. The molecule has 14 heavy (non-hydrogen) atoms. The lowest BCUT2D eigenvalue weighted by Crippen LogP contribution is -2.26. The van der Waals surface area contributed by atoms with Gasteiger partial charge in [-0.3, -0.25) is 4.99 Å². The summed E-state index contributed by atoms with van der Waals surface area (Å²) in [6.45, 7) is 8.85. The smallest absolute Gasteiger partial charge is 0.156 e. The van der Waals surface area contributed by atoms with Gasteiger partial charge in [0.25, 0.3) is 0 Å². The van der Waals surface area contributed by atoms with Crippen LogP contribution < -0.4 is 5.32 Å². The van der Waals surface area contributed by atoms with Gasteiger partial charge in [-0.05, 0) is 12.3 Å². The molecule has 0 fully saturated rings. The fourth-order valence-corrected chi connectivity index (χ4v) is 2.48. The van der Waals surface area contributed by atoms with Gasteiger partial charge in [0.2, 0.25) is 0 Å². The van der Waals surface area contributed by atoms with Crippen molar-refractivity contribution in [2.45, 2.75) is 45.3 Å². The van der Waals surface area contributed by atoms with Gasteiger partial charge in [-0.1, -0.05) is 45.4 Å². The van der Waals surface area contributed by atoms with Gasteiger partial charge in [-0.25, -0.2) is 0 Å². The van der Waals surface area contributed by atoms with Crippen molar-refractivity contribution in [3.05, 3.63) is 0 Å². The summed E-state index contributed by atoms with van der Waals surface area (Å²) < 4.78 is 0. The zero-order valence-electron chi connectivity index (χ0n) is 9.55. The van der Waals surface area contributed by atoms with Gasteiger partial charge >= 0.3 is 0 Å². The van der Waals surface area contributed by atoms with E-state index in [1.54, 1.807) is 0 Å². The third-order valence-corrected chi connectivity index (χ3v) is 4.18. The summed E-state index contributed by atoms with van der Waals surface area (Å²) >= 11 is 1.91. The molecule has 1 aliphatic rings. The summed E-state index contributed by atoms with van der Waals surface area (Å²) in [6, 6.07) is 0. The molecule has 1 N–H and O–H groups in total. The predicted molar refractivity (Wildman–Crippen MR) is 66.0 cm³/mol. The van der Waals surface area contributed by atoms with E-state index in [1.165, 1.54) is 24.4 Å². The molecule has 0 saturated carbocycles. The second-order valence-corrected chi connectivity index (χ2v) is 5.15. The monoisotopic (exact) mass is 214 g/mol. The number of hydrogen-bond acceptors (Lipinski definition) is 3. The summed E-state index contributed by atoms with van der Waals surface area (Å²) in [4.78, 5) is 4.50. The highest BCUT2D eigenvalue weighted by Crippen LogP contribution is 2.22. The fraction of sp³-hybridized carbons (Fsp3) is 0.909. The molecule has 1 unspecified atom stereocenters. The molecule has 0 spiro atoms. The van der Waals surface area contributed by atoms with Crippen molar-refractivity contribution >= 4 is 16.9 Å². The minimum Gasteiger partial charge on any atom is -0.365 e. The number of rotatable bonds is 5. The van der Waals surface area contributed by atoms with Crippen LogP contribution in [0.25, 0.3) is 0 Å². The van der Waals surface area contributed by atoms with E-state index in [0.717, 1.165) is 24.3 Å². The fourth-order valence-electron chi connectivity index (χ4n) is 1.54. The van der Waals surface area contributed by atoms with Crippen LogP contribution in [-0.2, 0) is 0 Å². The van der Waals surface area contributed by atoms with Crippen LogP contribution in [0.1, 0.15) is 40.0 Å². The van der Waals surface area contributed by atoms with Crippen LogP contribution in [0.2, 0.25) is 0 Å². The largest absolute Gasteiger partial charge is 0.365 e. The van der Waals surface area contributed by atoms with Crippen LogP contribution in [0, 0.1) is 5.92 Å². The van der Waals surface area contributed by atoms with Gasteiger partial charge in [0, 0.05) is 11.8 Å². The summed E-state index contributed by atoms with van der Waals surface area (Å²) in [7, 11) is 0. The maximum atomic E-state index is 4.50. The number of hydrogen-bond donors (Lipinski definition) is 1. The van der Waals surface area contributed by atoms with Crippen molar-refractivity contribution in [2.24, 2.45) is 10.9 Å². The molecular weight excluding hydrogens is 192 g/mol. The summed E-state index contributed by atoms with van der Waals surface area (Å²) in [5.74, 6) is 0.805. The van der Waals surface area contributed by atoms with Crippen molar-refractivity contribution in [3.8, 4) is 0 Å². The molecule has 0 aliphatic carbocycles. The Balaban J connectivity index is 2.19. The lowest BCUT2D eigenvalue weighted by atomic mass is 10.0. The molecule has 1 rings (SSSR count). The Kier molecular flexibility index (Phi) is 5.38. The molecule has 0 amide bonds. The molecular formula is C11H22N2S. The Morgan fingerprint density at radius 1 is 1.43 bits per heavy atom. The summed E-state index contributed by atoms with van der Waals surface area (Å²) in [5, 5.41) is 5.35. The third-order valence-electron chi connectivity index (χ3n) is 2.87. The van der Waals surface area contributed by atoms with Crippen LogP contribution in [0.4, 0.5) is 0 Å². The van der Waals surface area contributed by atoms with Crippen molar-refractivity contribution in [1.29, 1.82) is 0 Å². The Hall–Kier alpha value is -0.180. The summed E-state index contributed by atoms with van der Waals surface area (Å²) in [6.07, 6.45) is 3.75. The molecule has 0 saturated heterocycles. The second-order valence-electron chi connectivity index (χ2n) is 3.86. The van der Waals surface area contributed by atoms with Crippen molar-refractivity contribution in [3.63, 3.8) is 0 Å². The first-order valence-corrected chi connectivity index (χ1v) is 6.63. The standard InChI is InChI=1S/C11H22N2S/c1-4-9(5-2)7-12-11-13-8-10(6-3)14-11/h9-10H,4-8H2,1-3H3,(H,12,13). The van der Waals surface area contributed by atoms with Crippen LogP contribution in [0.5, 0.6) is 0 Å². The minimum absolute atomic E-state index is 0.721. The van der Waals surface area contributed by atoms with Crippen molar-refractivity contribution < 1.29 is 0 Å². The number of thioether (sulfide) groups is 1. The Labute approximate surface area is 92.0 Å². The molecule has 0 aromatic carbocycles. The van der Waals surface area contributed by atoms with Crippen LogP contribution in [0.3, 0.4) is 0 Å². The number of nitrogens with zero attached hydrogens (tertiary/aromatic N) is 1. The molecule has 0 aromatic heterocycles. The van der Waals surface area contributed by atoms with E-state index in [1.807, 2.05) is 11.8 Å². The van der Waals surface area contributed by atoms with Gasteiger partial charge < -0.3 is 5.32 Å². The average Bonchev–Trinajstić information content (AvgIpc) is 2.67. The lowest BCUT2D eigenvalue weighted by Gasteiger charge is -2.13. The first-order valence-electron chi connectivity index (χ1n) is 5.75. The first kappa shape index (κ1) is 11.9. The Morgan fingerprint density at radius 3 is 2.64 bits per heavy atom. The van der Waals surface area contributed by atoms with E-state index in [-0.39, 0.29) is 0 Å². The molecule has 1 atom stereocenters. The first-order chi connectivity index (χ1) is 6.80. The normalized spacial score (nSPS) is 21.4. The van der Waals surface area contributed by atoms with E-state index in [9.17, 15) is 0 Å². The van der Waals surface area contributed by atoms with Gasteiger partial charge in [-0.15, -0.1) is 0 Å². The van der Waals surface area contributed by atoms with Crippen molar-refractivity contribution in [2.75, 3.05) is 13.1 Å². The molecule has 82 valence electrons. The molecule has 0 aromatic rings. The van der Waals surface area contributed by atoms with Gasteiger partial charge in [0.1, 0.15) is 0 Å². The second kappa shape index (κ2) is 6.33. The van der Waals surface area contributed by atoms with Crippen LogP contribution in [0.15, 0.2) is 4.99 Å². The molecule has 2 nitrogen and oxygen atoms in total. The number of nitrogens with one attached hydrogen (secondary N) is 1. The minimum atomic E-state index is 0.721. The van der Waals surface area contributed by atoms with E-state index in [0.29, 0.717) is 0 Å². The van der Waals surface area contributed by atoms with Crippen molar-refractivity contribution in [1.82, 2.24) is 5.32 Å². The SMILES string of the molecule is CCC(CC)CNC1=NCC(CC)S1. The maximum absolute atomic E-state index is 4.50. The van der Waals surface area contributed by atoms with Gasteiger partial charge in [0.15, 0.2) is 5.17 Å². The summed E-state index contributed by atoms with van der Waals surface area (Å²) in [5.41, 5.74) is 0. The number of aliphatic imine (C=N–C) groups is 1. The molecule has 3 heteroatoms. The average molecular weight is 214 g/mol. The molecule has 1 heterocycles. The number of amidine groups is 1. The lowest BCUT2D eigenvalue weighted by molar-refractivity contribution is 0.486. The molecule has 1 aliphatic heterocycles. The van der Waals surface area contributed by atoms with E-state index in [4.69, 9.17) is 0 Å². The van der Waals surface area contributed by atoms with Gasteiger partial charge in [0.05, 0.1) is 6.54 Å². The van der Waals surface area contributed by atoms with E-state index >= 15 is 0 Å². The topological polar surface area (TPSA) is 24.4 Å². The Bertz CT molecular complexity index is 188. The third kappa shape index (κ3) is 3.52. The van der Waals surface area contributed by atoms with Crippen LogP contribution >= 0.6 is 11.8 Å². The van der Waals surface area contributed by atoms with Crippen LogP contribution in [-0.4, -0.2) is 23.5 Å². The molecule has 0 radical (unpaired) electrons. The predicted octanol–water partition coefficient (Wildman–Crippen LogP) is 2.89. The zero-order valence-corrected chi connectivity index (χ0v) is 10.4. The zero-order chi connectivity index (χ0) is 10.4. The quantitative estimate of drug-likeness (QED) is 0.761. The van der Waals surface area contributed by atoms with E-state index in [2.05, 4.69) is 31.1 Å². The van der Waals surface area contributed by atoms with E-state index < -0.39 is 0 Å². The van der Waals surface area contributed by atoms with Gasteiger partial charge in [-0.2, -0.15) is 0 Å². The highest BCUT2D eigenvalue weighted by molar-refractivity contribution is 8.14. The Morgan fingerprint density at radius 2 is 2.14 bits per heavy atom.